The summed E-state index contributed by atoms with van der Waals surface area (Å²) < 4.78 is 0. The second-order valence-electron chi connectivity index (χ2n) is 7.54. The zero-order chi connectivity index (χ0) is 19.5. The first kappa shape index (κ1) is 18.5. The summed E-state index contributed by atoms with van der Waals surface area (Å²) in [5.41, 5.74) is 1.02. The lowest BCUT2D eigenvalue weighted by molar-refractivity contribution is -0.383. The number of urea groups is 1. The fourth-order valence-corrected chi connectivity index (χ4v) is 4.26. The number of pyridine rings is 1. The second-order valence-corrected chi connectivity index (χ2v) is 7.54. The molecule has 8 heteroatoms. The number of carbonyl (C=O) groups excluding carboxylic acids is 1. The molecule has 1 saturated carbocycles. The number of fused-ring (bicyclic) bond motifs is 1. The van der Waals surface area contributed by atoms with Crippen molar-refractivity contribution < 1.29 is 9.72 Å². The third-order valence-corrected chi connectivity index (χ3v) is 5.81. The molecule has 0 bridgehead atoms. The molecule has 0 atom stereocenters. The Morgan fingerprint density at radius 1 is 1.07 bits per heavy atom. The van der Waals surface area contributed by atoms with Gasteiger partial charge in [-0.25, -0.2) is 4.79 Å². The molecule has 0 radical (unpaired) electrons. The Labute approximate surface area is 163 Å². The number of rotatable bonds is 3. The summed E-state index contributed by atoms with van der Waals surface area (Å²) in [4.78, 5) is 31.6. The Balaban J connectivity index is 1.44. The van der Waals surface area contributed by atoms with Crippen LogP contribution in [0.5, 0.6) is 0 Å². The molecule has 2 heterocycles. The van der Waals surface area contributed by atoms with Gasteiger partial charge in [0.15, 0.2) is 0 Å². The van der Waals surface area contributed by atoms with Gasteiger partial charge in [0.2, 0.25) is 0 Å². The molecule has 1 aliphatic carbocycles. The summed E-state index contributed by atoms with van der Waals surface area (Å²) in [5, 5.41) is 15.8. The van der Waals surface area contributed by atoms with Crippen molar-refractivity contribution in [1.29, 1.82) is 0 Å². The highest BCUT2D eigenvalue weighted by Crippen LogP contribution is 2.33. The van der Waals surface area contributed by atoms with Crippen molar-refractivity contribution >= 4 is 28.2 Å². The Hall–Kier alpha value is -2.90. The molecule has 1 N–H and O–H groups in total. The summed E-state index contributed by atoms with van der Waals surface area (Å²) in [6, 6.07) is 5.51. The van der Waals surface area contributed by atoms with Gasteiger partial charge in [-0.05, 0) is 25.0 Å². The van der Waals surface area contributed by atoms with Crippen LogP contribution < -0.4 is 10.2 Å². The fraction of sp³-hybridized carbons (Fsp3) is 0.500. The monoisotopic (exact) mass is 383 g/mol. The second kappa shape index (κ2) is 8.00. The van der Waals surface area contributed by atoms with Gasteiger partial charge in [-0.2, -0.15) is 0 Å². The zero-order valence-electron chi connectivity index (χ0n) is 15.8. The Kier molecular flexibility index (Phi) is 5.27. The van der Waals surface area contributed by atoms with Crippen LogP contribution >= 0.6 is 0 Å². The number of piperazine rings is 1. The minimum atomic E-state index is -0.374. The Morgan fingerprint density at radius 3 is 2.54 bits per heavy atom. The van der Waals surface area contributed by atoms with Crippen LogP contribution in [-0.4, -0.2) is 53.1 Å². The van der Waals surface area contributed by atoms with Crippen LogP contribution in [0.15, 0.2) is 30.6 Å². The van der Waals surface area contributed by atoms with Gasteiger partial charge in [-0.1, -0.05) is 19.3 Å². The standard InChI is InChI=1S/C20H25N5O3/c26-20(22-15-4-2-1-3-5-15)24-12-10-23(11-13-24)18-6-7-19(25(27)28)17-14-21-9-8-16(17)18/h6-9,14-15H,1-5,10-13H2,(H,22,26). The van der Waals surface area contributed by atoms with E-state index >= 15 is 0 Å². The highest BCUT2D eigenvalue weighted by Gasteiger charge is 2.25. The van der Waals surface area contributed by atoms with Crippen molar-refractivity contribution in [2.75, 3.05) is 31.1 Å². The molecule has 2 aliphatic rings. The predicted molar refractivity (Wildman–Crippen MR) is 108 cm³/mol. The van der Waals surface area contributed by atoms with Crippen molar-refractivity contribution in [1.82, 2.24) is 15.2 Å². The first-order valence-electron chi connectivity index (χ1n) is 9.95. The molecular formula is C20H25N5O3. The highest BCUT2D eigenvalue weighted by molar-refractivity contribution is 5.99. The summed E-state index contributed by atoms with van der Waals surface area (Å²) in [6.45, 7) is 2.69. The topological polar surface area (TPSA) is 91.6 Å². The van der Waals surface area contributed by atoms with Crippen LogP contribution in [0.3, 0.4) is 0 Å². The average molecular weight is 383 g/mol. The summed E-state index contributed by atoms with van der Waals surface area (Å²) in [5.74, 6) is 0. The van der Waals surface area contributed by atoms with Gasteiger partial charge in [0.05, 0.1) is 10.3 Å². The Bertz CT molecular complexity index is 873. The molecule has 0 unspecified atom stereocenters. The van der Waals surface area contributed by atoms with Crippen LogP contribution in [0, 0.1) is 10.1 Å². The van der Waals surface area contributed by atoms with Gasteiger partial charge in [0.1, 0.15) is 0 Å². The SMILES string of the molecule is O=C(NC1CCCCC1)N1CCN(c2ccc([N+](=O)[O-])c3cnccc23)CC1. The maximum atomic E-state index is 12.6. The molecule has 1 aromatic carbocycles. The number of hydrogen-bond acceptors (Lipinski definition) is 5. The summed E-state index contributed by atoms with van der Waals surface area (Å²) in [7, 11) is 0. The largest absolute Gasteiger partial charge is 0.367 e. The fourth-order valence-electron chi connectivity index (χ4n) is 4.26. The normalized spacial score (nSPS) is 18.3. The van der Waals surface area contributed by atoms with Gasteiger partial charge in [-0.15, -0.1) is 0 Å². The van der Waals surface area contributed by atoms with E-state index in [1.54, 1.807) is 24.5 Å². The van der Waals surface area contributed by atoms with E-state index in [0.717, 1.165) is 23.9 Å². The number of anilines is 1. The number of amides is 2. The number of nitrogens with zero attached hydrogens (tertiary/aromatic N) is 4. The van der Waals surface area contributed by atoms with Crippen molar-refractivity contribution in [2.45, 2.75) is 38.1 Å². The first-order valence-corrected chi connectivity index (χ1v) is 9.95. The van der Waals surface area contributed by atoms with E-state index in [4.69, 9.17) is 0 Å². The van der Waals surface area contributed by atoms with E-state index in [1.807, 2.05) is 11.0 Å². The first-order chi connectivity index (χ1) is 13.6. The maximum Gasteiger partial charge on any atom is 0.317 e. The van der Waals surface area contributed by atoms with Gasteiger partial charge < -0.3 is 15.1 Å². The molecule has 8 nitrogen and oxygen atoms in total. The average Bonchev–Trinajstić information content (AvgIpc) is 2.73. The molecule has 148 valence electrons. The number of nitrogens with one attached hydrogen (secondary N) is 1. The van der Waals surface area contributed by atoms with Crippen LogP contribution in [0.2, 0.25) is 0 Å². The lowest BCUT2D eigenvalue weighted by Crippen LogP contribution is -2.53. The van der Waals surface area contributed by atoms with E-state index in [0.29, 0.717) is 37.6 Å². The minimum Gasteiger partial charge on any atom is -0.367 e. The quantitative estimate of drug-likeness (QED) is 0.648. The van der Waals surface area contributed by atoms with E-state index in [1.165, 1.54) is 19.3 Å². The van der Waals surface area contributed by atoms with Crippen LogP contribution in [0.25, 0.3) is 10.8 Å². The number of nitro groups is 1. The Morgan fingerprint density at radius 2 is 1.82 bits per heavy atom. The van der Waals surface area contributed by atoms with Gasteiger partial charge in [0.25, 0.3) is 5.69 Å². The number of non-ortho nitro benzene ring substituents is 1. The van der Waals surface area contributed by atoms with E-state index in [9.17, 15) is 14.9 Å². The molecule has 1 aromatic heterocycles. The van der Waals surface area contributed by atoms with E-state index in [-0.39, 0.29) is 16.6 Å². The predicted octanol–water partition coefficient (Wildman–Crippen LogP) is 3.31. The minimum absolute atomic E-state index is 0.0318. The van der Waals surface area contributed by atoms with Crippen molar-refractivity contribution in [2.24, 2.45) is 0 Å². The number of nitro benzene ring substituents is 1. The van der Waals surface area contributed by atoms with Crippen LogP contribution in [-0.2, 0) is 0 Å². The smallest absolute Gasteiger partial charge is 0.317 e. The number of benzene rings is 1. The van der Waals surface area contributed by atoms with Gasteiger partial charge >= 0.3 is 6.03 Å². The summed E-state index contributed by atoms with van der Waals surface area (Å²) >= 11 is 0. The van der Waals surface area contributed by atoms with E-state index in [2.05, 4.69) is 15.2 Å². The highest BCUT2D eigenvalue weighted by atomic mass is 16.6. The molecule has 28 heavy (non-hydrogen) atoms. The molecule has 4 rings (SSSR count). The maximum absolute atomic E-state index is 12.6. The number of carbonyl (C=O) groups is 1. The molecule has 2 fully saturated rings. The lowest BCUT2D eigenvalue weighted by atomic mass is 9.96. The van der Waals surface area contributed by atoms with Gasteiger partial charge in [0, 0.05) is 61.8 Å². The summed E-state index contributed by atoms with van der Waals surface area (Å²) in [6.07, 6.45) is 9.02. The third kappa shape index (κ3) is 3.72. The van der Waals surface area contributed by atoms with Gasteiger partial charge in [-0.3, -0.25) is 15.1 Å². The third-order valence-electron chi connectivity index (χ3n) is 5.81. The molecule has 1 aliphatic heterocycles. The van der Waals surface area contributed by atoms with Crippen molar-refractivity contribution in [3.8, 4) is 0 Å². The van der Waals surface area contributed by atoms with E-state index < -0.39 is 0 Å². The number of hydrogen-bond donors (Lipinski definition) is 1. The molecule has 2 aromatic rings. The molecular weight excluding hydrogens is 358 g/mol. The zero-order valence-corrected chi connectivity index (χ0v) is 15.8. The molecule has 2 amide bonds. The van der Waals surface area contributed by atoms with Crippen molar-refractivity contribution in [3.05, 3.63) is 40.7 Å². The number of aromatic nitrogens is 1. The van der Waals surface area contributed by atoms with Crippen LogP contribution in [0.1, 0.15) is 32.1 Å². The van der Waals surface area contributed by atoms with Crippen LogP contribution in [0.4, 0.5) is 16.2 Å². The molecule has 0 spiro atoms. The van der Waals surface area contributed by atoms with Crippen molar-refractivity contribution in [3.63, 3.8) is 0 Å². The molecule has 1 saturated heterocycles. The lowest BCUT2D eigenvalue weighted by Gasteiger charge is -2.37.